The number of primary amides is 1. The number of aryl methyl sites for hydroxylation is 1. The van der Waals surface area contributed by atoms with Crippen LogP contribution in [0.5, 0.6) is 0 Å². The van der Waals surface area contributed by atoms with Crippen molar-refractivity contribution in [2.75, 3.05) is 0 Å². The van der Waals surface area contributed by atoms with E-state index >= 15 is 0 Å². The van der Waals surface area contributed by atoms with E-state index in [4.69, 9.17) is 5.73 Å². The topological polar surface area (TPSA) is 85.1 Å². The van der Waals surface area contributed by atoms with Gasteiger partial charge in [0.25, 0.3) is 0 Å². The summed E-state index contributed by atoms with van der Waals surface area (Å²) < 4.78 is 0. The van der Waals surface area contributed by atoms with E-state index < -0.39 is 0 Å². The molecule has 5 nitrogen and oxygen atoms in total. The van der Waals surface area contributed by atoms with Crippen LogP contribution in [0.3, 0.4) is 0 Å². The van der Waals surface area contributed by atoms with Crippen molar-refractivity contribution in [2.45, 2.75) is 51.0 Å². The largest absolute Gasteiger partial charge is 0.369 e. The smallest absolute Gasteiger partial charge is 0.222 e. The van der Waals surface area contributed by atoms with Gasteiger partial charge in [0, 0.05) is 24.0 Å². The third-order valence-corrected chi connectivity index (χ3v) is 4.60. The third kappa shape index (κ3) is 4.30. The fraction of sp³-hybridized carbons (Fsp3) is 0.643. The van der Waals surface area contributed by atoms with Crippen molar-refractivity contribution in [3.8, 4) is 0 Å². The molecule has 1 aliphatic rings. The van der Waals surface area contributed by atoms with Crippen LogP contribution in [0.4, 0.5) is 0 Å². The first-order valence-corrected chi connectivity index (χ1v) is 8.02. The van der Waals surface area contributed by atoms with Crippen molar-refractivity contribution in [1.82, 2.24) is 10.3 Å². The maximum Gasteiger partial charge on any atom is 0.222 e. The van der Waals surface area contributed by atoms with E-state index in [-0.39, 0.29) is 23.8 Å². The van der Waals surface area contributed by atoms with E-state index in [1.807, 2.05) is 5.38 Å². The lowest BCUT2D eigenvalue weighted by Gasteiger charge is -2.29. The first kappa shape index (κ1) is 15.0. The second-order valence-electron chi connectivity index (χ2n) is 5.25. The standard InChI is InChI=1S/C14H21N3O2S/c15-14(19)10-4-1-2-5-11(10)17-12(18)6-3-7-13-16-8-9-20-13/h8-11H,1-7H2,(H2,15,19)(H,17,18)/t10-,11+/m1/s1. The van der Waals surface area contributed by atoms with Gasteiger partial charge in [-0.3, -0.25) is 9.59 Å². The first-order valence-electron chi connectivity index (χ1n) is 7.14. The molecule has 2 atom stereocenters. The molecule has 2 rings (SSSR count). The maximum atomic E-state index is 11.9. The van der Waals surface area contributed by atoms with Gasteiger partial charge in [-0.25, -0.2) is 4.98 Å². The van der Waals surface area contributed by atoms with Gasteiger partial charge in [-0.05, 0) is 25.7 Å². The Bertz CT molecular complexity index is 447. The number of hydrogen-bond acceptors (Lipinski definition) is 4. The number of carbonyl (C=O) groups excluding carboxylic acids is 2. The summed E-state index contributed by atoms with van der Waals surface area (Å²) in [5, 5.41) is 5.97. The highest BCUT2D eigenvalue weighted by molar-refractivity contribution is 7.09. The zero-order chi connectivity index (χ0) is 14.4. The highest BCUT2D eigenvalue weighted by Crippen LogP contribution is 2.24. The fourth-order valence-electron chi connectivity index (χ4n) is 2.70. The number of nitrogens with two attached hydrogens (primary N) is 1. The zero-order valence-electron chi connectivity index (χ0n) is 11.5. The predicted molar refractivity (Wildman–Crippen MR) is 78.1 cm³/mol. The molecule has 0 radical (unpaired) electrons. The van der Waals surface area contributed by atoms with Crippen LogP contribution in [0.15, 0.2) is 11.6 Å². The minimum absolute atomic E-state index is 0.0136. The van der Waals surface area contributed by atoms with Crippen LogP contribution >= 0.6 is 11.3 Å². The Labute approximate surface area is 123 Å². The minimum atomic E-state index is -0.294. The molecule has 1 fully saturated rings. The lowest BCUT2D eigenvalue weighted by Crippen LogP contribution is -2.47. The molecule has 3 N–H and O–H groups in total. The van der Waals surface area contributed by atoms with Gasteiger partial charge < -0.3 is 11.1 Å². The second kappa shape index (κ2) is 7.38. The maximum absolute atomic E-state index is 11.9. The molecule has 6 heteroatoms. The number of thiazole rings is 1. The van der Waals surface area contributed by atoms with E-state index in [1.54, 1.807) is 17.5 Å². The van der Waals surface area contributed by atoms with Crippen molar-refractivity contribution in [2.24, 2.45) is 11.7 Å². The Morgan fingerprint density at radius 2 is 2.20 bits per heavy atom. The molecule has 0 aromatic carbocycles. The van der Waals surface area contributed by atoms with Crippen molar-refractivity contribution >= 4 is 23.2 Å². The average Bonchev–Trinajstić information content (AvgIpc) is 2.92. The number of carbonyl (C=O) groups is 2. The molecule has 0 saturated heterocycles. The van der Waals surface area contributed by atoms with Gasteiger partial charge in [0.1, 0.15) is 0 Å². The van der Waals surface area contributed by atoms with Crippen LogP contribution in [0.2, 0.25) is 0 Å². The summed E-state index contributed by atoms with van der Waals surface area (Å²) in [6.45, 7) is 0. The van der Waals surface area contributed by atoms with Crippen LogP contribution in [0.1, 0.15) is 43.5 Å². The van der Waals surface area contributed by atoms with E-state index in [1.165, 1.54) is 0 Å². The predicted octanol–water partition coefficient (Wildman–Crippen LogP) is 1.63. The minimum Gasteiger partial charge on any atom is -0.369 e. The van der Waals surface area contributed by atoms with Crippen molar-refractivity contribution in [1.29, 1.82) is 0 Å². The first-order chi connectivity index (χ1) is 9.66. The van der Waals surface area contributed by atoms with E-state index in [0.29, 0.717) is 6.42 Å². The summed E-state index contributed by atoms with van der Waals surface area (Å²) in [5.41, 5.74) is 5.40. The van der Waals surface area contributed by atoms with Gasteiger partial charge in [-0.1, -0.05) is 12.8 Å². The molecule has 1 aromatic rings. The normalized spacial score (nSPS) is 22.4. The summed E-state index contributed by atoms with van der Waals surface area (Å²) in [4.78, 5) is 27.5. The van der Waals surface area contributed by atoms with E-state index in [9.17, 15) is 9.59 Å². The number of aromatic nitrogens is 1. The van der Waals surface area contributed by atoms with Gasteiger partial charge in [0.2, 0.25) is 11.8 Å². The van der Waals surface area contributed by atoms with Gasteiger partial charge in [-0.15, -0.1) is 11.3 Å². The van der Waals surface area contributed by atoms with Gasteiger partial charge in [0.05, 0.1) is 10.9 Å². The molecule has 1 heterocycles. The highest BCUT2D eigenvalue weighted by atomic mass is 32.1. The molecular weight excluding hydrogens is 274 g/mol. The second-order valence-corrected chi connectivity index (χ2v) is 6.23. The summed E-state index contributed by atoms with van der Waals surface area (Å²) in [6, 6.07) is -0.0754. The number of nitrogens with one attached hydrogen (secondary N) is 1. The van der Waals surface area contributed by atoms with Crippen LogP contribution in [0.25, 0.3) is 0 Å². The highest BCUT2D eigenvalue weighted by Gasteiger charge is 2.30. The lowest BCUT2D eigenvalue weighted by atomic mass is 9.84. The van der Waals surface area contributed by atoms with E-state index in [0.717, 1.165) is 43.5 Å². The third-order valence-electron chi connectivity index (χ3n) is 3.76. The molecule has 20 heavy (non-hydrogen) atoms. The Balaban J connectivity index is 1.73. The van der Waals surface area contributed by atoms with Crippen molar-refractivity contribution < 1.29 is 9.59 Å². The average molecular weight is 295 g/mol. The Morgan fingerprint density at radius 1 is 1.40 bits per heavy atom. The lowest BCUT2D eigenvalue weighted by molar-refractivity contribution is -0.126. The molecular formula is C14H21N3O2S. The fourth-order valence-corrected chi connectivity index (χ4v) is 3.36. The molecule has 1 aliphatic carbocycles. The molecule has 1 aromatic heterocycles. The summed E-state index contributed by atoms with van der Waals surface area (Å²) in [7, 11) is 0. The molecule has 0 bridgehead atoms. The summed E-state index contributed by atoms with van der Waals surface area (Å²) >= 11 is 1.61. The van der Waals surface area contributed by atoms with Gasteiger partial charge >= 0.3 is 0 Å². The Kier molecular flexibility index (Phi) is 5.52. The van der Waals surface area contributed by atoms with Crippen LogP contribution < -0.4 is 11.1 Å². The molecule has 1 saturated carbocycles. The van der Waals surface area contributed by atoms with Crippen LogP contribution in [-0.2, 0) is 16.0 Å². The van der Waals surface area contributed by atoms with Gasteiger partial charge in [-0.2, -0.15) is 0 Å². The van der Waals surface area contributed by atoms with Crippen LogP contribution in [-0.4, -0.2) is 22.8 Å². The molecule has 0 aliphatic heterocycles. The number of amides is 2. The number of nitrogens with zero attached hydrogens (tertiary/aromatic N) is 1. The van der Waals surface area contributed by atoms with Gasteiger partial charge in [0.15, 0.2) is 0 Å². The van der Waals surface area contributed by atoms with Crippen molar-refractivity contribution in [3.05, 3.63) is 16.6 Å². The summed E-state index contributed by atoms with van der Waals surface area (Å²) in [6.07, 6.45) is 7.58. The van der Waals surface area contributed by atoms with Crippen LogP contribution in [0, 0.1) is 5.92 Å². The SMILES string of the molecule is NC(=O)[C@@H]1CCCC[C@@H]1NC(=O)CCCc1nccs1. The molecule has 2 amide bonds. The molecule has 0 unspecified atom stereocenters. The van der Waals surface area contributed by atoms with E-state index in [2.05, 4.69) is 10.3 Å². The number of rotatable bonds is 6. The summed E-state index contributed by atoms with van der Waals surface area (Å²) in [5.74, 6) is -0.482. The Hall–Kier alpha value is -1.43. The quantitative estimate of drug-likeness (QED) is 0.836. The molecule has 0 spiro atoms. The monoisotopic (exact) mass is 295 g/mol. The van der Waals surface area contributed by atoms with Crippen molar-refractivity contribution in [3.63, 3.8) is 0 Å². The Morgan fingerprint density at radius 3 is 2.90 bits per heavy atom. The zero-order valence-corrected chi connectivity index (χ0v) is 12.3. The molecule has 110 valence electrons. The number of hydrogen-bond donors (Lipinski definition) is 2.